The lowest BCUT2D eigenvalue weighted by Gasteiger charge is -2.26. The molecule has 2 aromatic carbocycles. The molecule has 9 nitrogen and oxygen atoms in total. The maximum absolute atomic E-state index is 13.8. The van der Waals surface area contributed by atoms with E-state index >= 15 is 0 Å². The minimum atomic E-state index is -4.74. The second-order valence-corrected chi connectivity index (χ2v) is 9.47. The second kappa shape index (κ2) is 12.0. The average molecular weight is 566 g/mol. The van der Waals surface area contributed by atoms with E-state index in [-0.39, 0.29) is 24.5 Å². The number of rotatable bonds is 9. The van der Waals surface area contributed by atoms with Crippen molar-refractivity contribution < 1.29 is 27.5 Å². The van der Waals surface area contributed by atoms with Crippen LogP contribution in [0, 0.1) is 0 Å². The minimum Gasteiger partial charge on any atom is -0.383 e. The van der Waals surface area contributed by atoms with Gasteiger partial charge in [-0.1, -0.05) is 29.8 Å². The van der Waals surface area contributed by atoms with E-state index in [1.807, 2.05) is 0 Å². The molecule has 0 saturated carbocycles. The zero-order valence-electron chi connectivity index (χ0n) is 21.1. The quantitative estimate of drug-likeness (QED) is 0.428. The molecule has 1 unspecified atom stereocenters. The van der Waals surface area contributed by atoms with E-state index in [0.717, 1.165) is 23.6 Å². The van der Waals surface area contributed by atoms with Crippen LogP contribution in [-0.2, 0) is 33.6 Å². The van der Waals surface area contributed by atoms with Crippen molar-refractivity contribution in [1.82, 2.24) is 24.6 Å². The molecular formula is C26H27ClF3N5O4. The summed E-state index contributed by atoms with van der Waals surface area (Å²) >= 11 is 5.97. The van der Waals surface area contributed by atoms with Crippen molar-refractivity contribution in [2.45, 2.75) is 38.1 Å². The van der Waals surface area contributed by atoms with E-state index < -0.39 is 41.8 Å². The highest BCUT2D eigenvalue weighted by Crippen LogP contribution is 2.35. The average Bonchev–Trinajstić information content (AvgIpc) is 3.55. The van der Waals surface area contributed by atoms with Gasteiger partial charge in [-0.2, -0.15) is 13.2 Å². The highest BCUT2D eigenvalue weighted by atomic mass is 35.5. The number of methoxy groups -OCH3 is 1. The number of nitrogens with one attached hydrogen (secondary N) is 1. The Morgan fingerprint density at radius 1 is 1.10 bits per heavy atom. The Balaban J connectivity index is 1.65. The molecule has 208 valence electrons. The number of halogens is 4. The van der Waals surface area contributed by atoms with Crippen LogP contribution >= 0.6 is 11.6 Å². The van der Waals surface area contributed by atoms with E-state index in [0.29, 0.717) is 23.7 Å². The van der Waals surface area contributed by atoms with Gasteiger partial charge in [-0.05, 0) is 48.7 Å². The Hall–Kier alpha value is -3.64. The molecule has 1 saturated heterocycles. The summed E-state index contributed by atoms with van der Waals surface area (Å²) in [7, 11) is 1.47. The molecule has 13 heteroatoms. The van der Waals surface area contributed by atoms with Gasteiger partial charge in [0.2, 0.25) is 11.8 Å². The van der Waals surface area contributed by atoms with Crippen LogP contribution in [0.5, 0.6) is 0 Å². The summed E-state index contributed by atoms with van der Waals surface area (Å²) in [6.45, 7) is 0.487. The number of carbonyl (C=O) groups excluding carboxylic acids is 2. The number of alkyl halides is 3. The summed E-state index contributed by atoms with van der Waals surface area (Å²) in [6, 6.07) is 9.62. The molecular weight excluding hydrogens is 539 g/mol. The molecule has 0 radical (unpaired) electrons. The number of aromatic nitrogens is 3. The molecule has 1 aliphatic rings. The van der Waals surface area contributed by atoms with Crippen molar-refractivity contribution >= 4 is 23.4 Å². The zero-order chi connectivity index (χ0) is 28.2. The predicted octanol–water partition coefficient (Wildman–Crippen LogP) is 3.51. The first-order chi connectivity index (χ1) is 18.6. The van der Waals surface area contributed by atoms with Crippen LogP contribution in [0.1, 0.15) is 30.0 Å². The second-order valence-electron chi connectivity index (χ2n) is 9.03. The lowest BCUT2D eigenvalue weighted by atomic mass is 9.98. The molecule has 3 aromatic rings. The van der Waals surface area contributed by atoms with E-state index in [4.69, 9.17) is 16.3 Å². The molecule has 1 aliphatic heterocycles. The first-order valence-electron chi connectivity index (χ1n) is 12.3. The predicted molar refractivity (Wildman–Crippen MR) is 137 cm³/mol. The standard InChI is InChI=1S/C26H27ClF3N5O4/c1-39-15-14-34-23(17-8-10-18(27)11-9-17)32-35(25(34)38)16-21(36)31-22(24(37)33-12-4-5-13-33)19-6-2-3-7-20(19)26(28,29)30/h2-3,6-11,22H,4-5,12-16H2,1H3,(H,31,36). The third kappa shape index (κ3) is 6.51. The smallest absolute Gasteiger partial charge is 0.383 e. The van der Waals surface area contributed by atoms with Gasteiger partial charge in [-0.25, -0.2) is 9.48 Å². The third-order valence-electron chi connectivity index (χ3n) is 6.38. The van der Waals surface area contributed by atoms with Crippen LogP contribution in [0.25, 0.3) is 11.4 Å². The van der Waals surface area contributed by atoms with Crippen molar-refractivity contribution in [2.24, 2.45) is 0 Å². The normalized spacial score (nSPS) is 14.4. The van der Waals surface area contributed by atoms with Gasteiger partial charge in [0.15, 0.2) is 5.82 Å². The fourth-order valence-corrected chi connectivity index (χ4v) is 4.61. The van der Waals surface area contributed by atoms with Crippen molar-refractivity contribution in [1.29, 1.82) is 0 Å². The molecule has 1 fully saturated rings. The van der Waals surface area contributed by atoms with Crippen LogP contribution in [0.2, 0.25) is 5.02 Å². The Morgan fingerprint density at radius 2 is 1.77 bits per heavy atom. The van der Waals surface area contributed by atoms with Gasteiger partial charge < -0.3 is 15.0 Å². The summed E-state index contributed by atoms with van der Waals surface area (Å²) in [5.74, 6) is -1.23. The molecule has 1 aromatic heterocycles. The number of amides is 2. The van der Waals surface area contributed by atoms with Crippen molar-refractivity contribution in [3.05, 3.63) is 75.2 Å². The molecule has 4 rings (SSSR count). The molecule has 1 N–H and O–H groups in total. The third-order valence-corrected chi connectivity index (χ3v) is 6.64. The van der Waals surface area contributed by atoms with E-state index in [2.05, 4.69) is 10.4 Å². The SMILES string of the molecule is COCCn1c(-c2ccc(Cl)cc2)nn(CC(=O)NC(C(=O)N2CCCC2)c2ccccc2C(F)(F)F)c1=O. The Bertz CT molecular complexity index is 1380. The fourth-order valence-electron chi connectivity index (χ4n) is 4.48. The number of hydrogen-bond acceptors (Lipinski definition) is 5. The maximum Gasteiger partial charge on any atom is 0.416 e. The van der Waals surface area contributed by atoms with Crippen LogP contribution < -0.4 is 11.0 Å². The van der Waals surface area contributed by atoms with E-state index in [9.17, 15) is 27.6 Å². The topological polar surface area (TPSA) is 98.5 Å². The number of benzene rings is 2. The van der Waals surface area contributed by atoms with Crippen molar-refractivity contribution in [3.63, 3.8) is 0 Å². The number of likely N-dealkylation sites (tertiary alicyclic amines) is 1. The molecule has 2 amide bonds. The summed E-state index contributed by atoms with van der Waals surface area (Å²) in [6.07, 6.45) is -3.31. The van der Waals surface area contributed by atoms with Crippen LogP contribution in [-0.4, -0.2) is 57.9 Å². The molecule has 0 bridgehead atoms. The Morgan fingerprint density at radius 3 is 2.41 bits per heavy atom. The van der Waals surface area contributed by atoms with Crippen molar-refractivity contribution in [2.75, 3.05) is 26.8 Å². The number of hydrogen-bond donors (Lipinski definition) is 1. The molecule has 2 heterocycles. The van der Waals surface area contributed by atoms with Gasteiger partial charge in [-0.15, -0.1) is 5.10 Å². The van der Waals surface area contributed by atoms with Gasteiger partial charge in [0.1, 0.15) is 12.6 Å². The van der Waals surface area contributed by atoms with Gasteiger partial charge in [-0.3, -0.25) is 14.2 Å². The molecule has 0 aliphatic carbocycles. The Labute approximate surface area is 227 Å². The summed E-state index contributed by atoms with van der Waals surface area (Å²) in [5.41, 5.74) is -1.44. The summed E-state index contributed by atoms with van der Waals surface area (Å²) < 4.78 is 48.7. The van der Waals surface area contributed by atoms with Crippen LogP contribution in [0.4, 0.5) is 13.2 Å². The number of nitrogens with zero attached hydrogens (tertiary/aromatic N) is 4. The Kier molecular flexibility index (Phi) is 8.76. The van der Waals surface area contributed by atoms with Crippen molar-refractivity contribution in [3.8, 4) is 11.4 Å². The number of ether oxygens (including phenoxy) is 1. The lowest BCUT2D eigenvalue weighted by molar-refractivity contribution is -0.141. The fraction of sp³-hybridized carbons (Fsp3) is 0.385. The summed E-state index contributed by atoms with van der Waals surface area (Å²) in [4.78, 5) is 41.0. The first-order valence-corrected chi connectivity index (χ1v) is 12.6. The van der Waals surface area contributed by atoms with Crippen LogP contribution in [0.15, 0.2) is 53.3 Å². The highest BCUT2D eigenvalue weighted by molar-refractivity contribution is 6.30. The monoisotopic (exact) mass is 565 g/mol. The minimum absolute atomic E-state index is 0.143. The van der Waals surface area contributed by atoms with Crippen LogP contribution in [0.3, 0.4) is 0 Å². The molecule has 39 heavy (non-hydrogen) atoms. The number of carbonyl (C=O) groups is 2. The first kappa shape index (κ1) is 28.4. The summed E-state index contributed by atoms with van der Waals surface area (Å²) in [5, 5.41) is 7.21. The van der Waals surface area contributed by atoms with Gasteiger partial charge in [0.25, 0.3) is 0 Å². The van der Waals surface area contributed by atoms with Gasteiger partial charge in [0, 0.05) is 30.8 Å². The van der Waals surface area contributed by atoms with E-state index in [1.54, 1.807) is 24.3 Å². The lowest BCUT2D eigenvalue weighted by Crippen LogP contribution is -2.44. The van der Waals surface area contributed by atoms with E-state index in [1.165, 1.54) is 34.8 Å². The molecule has 0 spiro atoms. The van der Waals surface area contributed by atoms with Gasteiger partial charge in [0.05, 0.1) is 18.7 Å². The maximum atomic E-state index is 13.8. The zero-order valence-corrected chi connectivity index (χ0v) is 21.8. The largest absolute Gasteiger partial charge is 0.416 e. The van der Waals surface area contributed by atoms with Gasteiger partial charge >= 0.3 is 11.9 Å². The highest BCUT2D eigenvalue weighted by Gasteiger charge is 2.39. The molecule has 1 atom stereocenters.